The molecule has 6 nitrogen and oxygen atoms in total. The molecule has 1 aromatic heterocycles. The van der Waals surface area contributed by atoms with Gasteiger partial charge in [0, 0.05) is 5.92 Å². The second kappa shape index (κ2) is 7.03. The normalized spacial score (nSPS) is 17.2. The number of hydrogen-bond acceptors (Lipinski definition) is 4. The summed E-state index contributed by atoms with van der Waals surface area (Å²) in [6, 6.07) is 9.62. The van der Waals surface area contributed by atoms with Gasteiger partial charge in [0.05, 0.1) is 18.8 Å². The summed E-state index contributed by atoms with van der Waals surface area (Å²) in [4.78, 5) is 4.70. The minimum atomic E-state index is -3.30. The van der Waals surface area contributed by atoms with Gasteiger partial charge in [0.25, 0.3) is 0 Å². The Kier molecular flexibility index (Phi) is 5.01. The molecule has 1 N–H and O–H groups in total. The third kappa shape index (κ3) is 4.21. The van der Waals surface area contributed by atoms with Crippen LogP contribution in [0, 0.1) is 0 Å². The lowest BCUT2D eigenvalue weighted by molar-refractivity contribution is 0.540. The van der Waals surface area contributed by atoms with Gasteiger partial charge in [-0.1, -0.05) is 43.2 Å². The molecule has 24 heavy (non-hydrogen) atoms. The molecule has 7 heteroatoms. The number of hydrogen-bond donors (Lipinski definition) is 1. The largest absolute Gasteiger partial charge is 0.244 e. The quantitative estimate of drug-likeness (QED) is 0.870. The van der Waals surface area contributed by atoms with Crippen molar-refractivity contribution < 1.29 is 8.42 Å². The van der Waals surface area contributed by atoms with Crippen molar-refractivity contribution in [2.45, 2.75) is 51.1 Å². The van der Waals surface area contributed by atoms with Gasteiger partial charge in [-0.2, -0.15) is 5.10 Å². The van der Waals surface area contributed by atoms with Crippen molar-refractivity contribution in [2.75, 3.05) is 6.26 Å². The molecule has 0 aliphatic heterocycles. The minimum absolute atomic E-state index is 0.395. The maximum Gasteiger partial charge on any atom is 0.209 e. The van der Waals surface area contributed by atoms with E-state index in [-0.39, 0.29) is 0 Å². The molecule has 1 saturated carbocycles. The molecule has 3 rings (SSSR count). The summed E-state index contributed by atoms with van der Waals surface area (Å²) < 4.78 is 27.6. The second-order valence-corrected chi connectivity index (χ2v) is 8.34. The summed E-state index contributed by atoms with van der Waals surface area (Å²) in [6.45, 7) is 2.40. The molecule has 1 aromatic carbocycles. The number of nitrogens with one attached hydrogen (secondary N) is 1. The van der Waals surface area contributed by atoms with Crippen LogP contribution in [0.1, 0.15) is 61.8 Å². The Morgan fingerprint density at radius 3 is 2.54 bits per heavy atom. The van der Waals surface area contributed by atoms with Crippen molar-refractivity contribution in [1.82, 2.24) is 19.5 Å². The Labute approximate surface area is 143 Å². The molecule has 0 spiro atoms. The van der Waals surface area contributed by atoms with E-state index in [1.807, 2.05) is 41.9 Å². The molecular weight excluding hydrogens is 324 g/mol. The third-order valence-corrected chi connectivity index (χ3v) is 5.17. The molecule has 1 aliphatic rings. The van der Waals surface area contributed by atoms with Crippen LogP contribution in [-0.4, -0.2) is 29.4 Å². The zero-order chi connectivity index (χ0) is 17.2. The lowest BCUT2D eigenvalue weighted by Gasteiger charge is -2.13. The Morgan fingerprint density at radius 1 is 1.25 bits per heavy atom. The SMILES string of the molecule is C[C@@H](NS(C)(=O)=O)c1nc(C2CCCC2)nn1Cc1ccccc1. The Hall–Kier alpha value is -1.73. The van der Waals surface area contributed by atoms with Crippen molar-refractivity contribution in [3.8, 4) is 0 Å². The zero-order valence-corrected chi connectivity index (χ0v) is 15.0. The first-order valence-electron chi connectivity index (χ1n) is 8.38. The van der Waals surface area contributed by atoms with E-state index in [0.717, 1.165) is 24.2 Å². The van der Waals surface area contributed by atoms with Gasteiger partial charge < -0.3 is 0 Å². The molecule has 1 aliphatic carbocycles. The molecule has 0 unspecified atom stereocenters. The van der Waals surface area contributed by atoms with Crippen LogP contribution in [0.15, 0.2) is 30.3 Å². The fourth-order valence-electron chi connectivity index (χ4n) is 3.30. The van der Waals surface area contributed by atoms with E-state index in [1.165, 1.54) is 19.1 Å². The third-order valence-electron chi connectivity index (χ3n) is 4.39. The maximum atomic E-state index is 11.6. The maximum absolute atomic E-state index is 11.6. The fourth-order valence-corrected chi connectivity index (χ4v) is 4.04. The Balaban J connectivity index is 1.91. The summed E-state index contributed by atoms with van der Waals surface area (Å²) in [5, 5.41) is 4.71. The van der Waals surface area contributed by atoms with Crippen molar-refractivity contribution in [2.24, 2.45) is 0 Å². The van der Waals surface area contributed by atoms with Crippen LogP contribution >= 0.6 is 0 Å². The molecule has 1 fully saturated rings. The van der Waals surface area contributed by atoms with Gasteiger partial charge in [-0.15, -0.1) is 0 Å². The van der Waals surface area contributed by atoms with Crippen LogP contribution in [-0.2, 0) is 16.6 Å². The molecule has 1 atom stereocenters. The smallest absolute Gasteiger partial charge is 0.209 e. The van der Waals surface area contributed by atoms with Crippen molar-refractivity contribution >= 4 is 10.0 Å². The van der Waals surface area contributed by atoms with E-state index >= 15 is 0 Å². The van der Waals surface area contributed by atoms with Crippen LogP contribution in [0.5, 0.6) is 0 Å². The summed E-state index contributed by atoms with van der Waals surface area (Å²) in [5.74, 6) is 1.91. The van der Waals surface area contributed by atoms with Crippen molar-refractivity contribution in [3.05, 3.63) is 47.5 Å². The average Bonchev–Trinajstić information content (AvgIpc) is 3.15. The van der Waals surface area contributed by atoms with E-state index in [2.05, 4.69) is 4.72 Å². The highest BCUT2D eigenvalue weighted by Gasteiger charge is 2.25. The summed E-state index contributed by atoms with van der Waals surface area (Å²) in [6.07, 6.45) is 5.82. The van der Waals surface area contributed by atoms with Gasteiger partial charge in [-0.3, -0.25) is 0 Å². The Morgan fingerprint density at radius 2 is 1.92 bits per heavy atom. The van der Waals surface area contributed by atoms with Gasteiger partial charge >= 0.3 is 0 Å². The summed E-state index contributed by atoms with van der Waals surface area (Å²) in [5.41, 5.74) is 1.12. The monoisotopic (exact) mass is 348 g/mol. The first-order valence-corrected chi connectivity index (χ1v) is 10.3. The first kappa shape index (κ1) is 17.1. The fraction of sp³-hybridized carbons (Fsp3) is 0.529. The number of aromatic nitrogens is 3. The average molecular weight is 348 g/mol. The first-order chi connectivity index (χ1) is 11.4. The summed E-state index contributed by atoms with van der Waals surface area (Å²) >= 11 is 0. The van der Waals surface area contributed by atoms with Crippen molar-refractivity contribution in [3.63, 3.8) is 0 Å². The number of nitrogens with zero attached hydrogens (tertiary/aromatic N) is 3. The van der Waals surface area contributed by atoms with E-state index < -0.39 is 16.1 Å². The topological polar surface area (TPSA) is 76.9 Å². The lowest BCUT2D eigenvalue weighted by atomic mass is 10.1. The predicted octanol–water partition coefficient (Wildman–Crippen LogP) is 2.59. The van der Waals surface area contributed by atoms with Crippen LogP contribution in [0.4, 0.5) is 0 Å². The van der Waals surface area contributed by atoms with Gasteiger partial charge in [-0.05, 0) is 25.3 Å². The molecule has 1 heterocycles. The van der Waals surface area contributed by atoms with Crippen molar-refractivity contribution in [1.29, 1.82) is 0 Å². The van der Waals surface area contributed by atoms with Crippen LogP contribution in [0.25, 0.3) is 0 Å². The molecule has 130 valence electrons. The highest BCUT2D eigenvalue weighted by atomic mass is 32.2. The predicted molar refractivity (Wildman–Crippen MR) is 93.2 cm³/mol. The molecule has 0 radical (unpaired) electrons. The van der Waals surface area contributed by atoms with E-state index in [4.69, 9.17) is 10.1 Å². The second-order valence-electron chi connectivity index (χ2n) is 6.56. The minimum Gasteiger partial charge on any atom is -0.244 e. The van der Waals surface area contributed by atoms with Gasteiger partial charge in [0.1, 0.15) is 5.82 Å². The zero-order valence-electron chi connectivity index (χ0n) is 14.1. The lowest BCUT2D eigenvalue weighted by Crippen LogP contribution is -2.28. The highest BCUT2D eigenvalue weighted by Crippen LogP contribution is 2.32. The number of rotatable bonds is 6. The molecule has 2 aromatic rings. The van der Waals surface area contributed by atoms with Gasteiger partial charge in [0.2, 0.25) is 10.0 Å². The highest BCUT2D eigenvalue weighted by molar-refractivity contribution is 7.88. The van der Waals surface area contributed by atoms with Crippen LogP contribution in [0.2, 0.25) is 0 Å². The molecule has 0 bridgehead atoms. The van der Waals surface area contributed by atoms with Gasteiger partial charge in [-0.25, -0.2) is 22.8 Å². The summed E-state index contributed by atoms with van der Waals surface area (Å²) in [7, 11) is -3.30. The molecule has 0 saturated heterocycles. The molecule has 0 amide bonds. The number of benzene rings is 1. The standard InChI is InChI=1S/C17H24N4O2S/c1-13(20-24(2,22)23)17-18-16(15-10-6-7-11-15)19-21(17)12-14-8-4-3-5-9-14/h3-5,8-9,13,15,20H,6-7,10-12H2,1-2H3/t13-/m1/s1. The van der Waals surface area contributed by atoms with E-state index in [9.17, 15) is 8.42 Å². The van der Waals surface area contributed by atoms with Crippen LogP contribution in [0.3, 0.4) is 0 Å². The van der Waals surface area contributed by atoms with E-state index in [0.29, 0.717) is 18.3 Å². The Bertz CT molecular complexity index is 780. The van der Waals surface area contributed by atoms with E-state index in [1.54, 1.807) is 0 Å². The molecular formula is C17H24N4O2S. The number of sulfonamides is 1. The van der Waals surface area contributed by atoms with Gasteiger partial charge in [0.15, 0.2) is 5.82 Å². The van der Waals surface area contributed by atoms with Crippen LogP contribution < -0.4 is 4.72 Å².